The van der Waals surface area contributed by atoms with Crippen molar-refractivity contribution in [3.05, 3.63) is 62.0 Å². The summed E-state index contributed by atoms with van der Waals surface area (Å²) in [6.45, 7) is 1.88. The highest BCUT2D eigenvalue weighted by Crippen LogP contribution is 2.20. The van der Waals surface area contributed by atoms with Crippen LogP contribution in [0, 0.1) is 5.82 Å². The molecule has 0 atom stereocenters. The normalized spacial score (nSPS) is 10.7. The Labute approximate surface area is 119 Å². The zero-order valence-corrected chi connectivity index (χ0v) is 11.7. The highest BCUT2D eigenvalue weighted by atomic mass is 35.5. The average Bonchev–Trinajstić information content (AvgIpc) is 2.35. The molecule has 0 saturated heterocycles. The molecular formula is C13H11Cl2FN2O. The lowest BCUT2D eigenvalue weighted by Crippen LogP contribution is -2.25. The molecule has 19 heavy (non-hydrogen) atoms. The second-order valence-corrected chi connectivity index (χ2v) is 4.77. The number of benzene rings is 1. The molecule has 0 aliphatic rings. The monoisotopic (exact) mass is 300 g/mol. The van der Waals surface area contributed by atoms with Crippen LogP contribution in [0.1, 0.15) is 18.3 Å². The van der Waals surface area contributed by atoms with Gasteiger partial charge in [0, 0.05) is 23.1 Å². The van der Waals surface area contributed by atoms with Crippen LogP contribution in [0.5, 0.6) is 0 Å². The molecule has 0 fully saturated rings. The molecule has 0 radical (unpaired) electrons. The average molecular weight is 301 g/mol. The van der Waals surface area contributed by atoms with E-state index in [1.165, 1.54) is 22.8 Å². The summed E-state index contributed by atoms with van der Waals surface area (Å²) >= 11 is 11.7. The zero-order valence-electron chi connectivity index (χ0n) is 10.2. The quantitative estimate of drug-likeness (QED) is 0.815. The number of aryl methyl sites for hydroxylation is 1. The van der Waals surface area contributed by atoms with Crippen LogP contribution < -0.4 is 5.56 Å². The van der Waals surface area contributed by atoms with Gasteiger partial charge in [0.25, 0.3) is 5.56 Å². The maximum Gasteiger partial charge on any atom is 0.255 e. The van der Waals surface area contributed by atoms with Crippen molar-refractivity contribution in [3.63, 3.8) is 0 Å². The van der Waals surface area contributed by atoms with E-state index in [9.17, 15) is 9.18 Å². The van der Waals surface area contributed by atoms with Gasteiger partial charge in [-0.3, -0.25) is 9.36 Å². The van der Waals surface area contributed by atoms with Gasteiger partial charge in [-0.15, -0.1) is 0 Å². The minimum Gasteiger partial charge on any atom is -0.292 e. The molecule has 0 spiro atoms. The Morgan fingerprint density at radius 3 is 2.74 bits per heavy atom. The third-order valence-corrected chi connectivity index (χ3v) is 3.30. The first-order valence-electron chi connectivity index (χ1n) is 5.72. The Balaban J connectivity index is 2.52. The Morgan fingerprint density at radius 1 is 1.37 bits per heavy atom. The van der Waals surface area contributed by atoms with Gasteiger partial charge in [-0.2, -0.15) is 0 Å². The summed E-state index contributed by atoms with van der Waals surface area (Å²) in [5, 5.41) is 0.418. The first-order chi connectivity index (χ1) is 9.02. The summed E-state index contributed by atoms with van der Waals surface area (Å²) in [6, 6.07) is 5.61. The van der Waals surface area contributed by atoms with Crippen LogP contribution >= 0.6 is 23.2 Å². The minimum atomic E-state index is -0.448. The number of hydrogen-bond donors (Lipinski definition) is 0. The Morgan fingerprint density at radius 2 is 2.11 bits per heavy atom. The van der Waals surface area contributed by atoms with E-state index in [4.69, 9.17) is 23.2 Å². The van der Waals surface area contributed by atoms with E-state index in [-0.39, 0.29) is 27.8 Å². The lowest BCUT2D eigenvalue weighted by molar-refractivity contribution is 0.586. The van der Waals surface area contributed by atoms with Crippen LogP contribution in [-0.4, -0.2) is 9.55 Å². The lowest BCUT2D eigenvalue weighted by atomic mass is 10.2. The SMILES string of the molecule is CCc1nc(Cl)cc(=O)n1Cc1c(F)cccc1Cl. The Bertz CT molecular complexity index is 650. The number of halogens is 3. The molecule has 6 heteroatoms. The summed E-state index contributed by atoms with van der Waals surface area (Å²) < 4.78 is 15.1. The van der Waals surface area contributed by atoms with Crippen LogP contribution in [-0.2, 0) is 13.0 Å². The number of hydrogen-bond acceptors (Lipinski definition) is 2. The van der Waals surface area contributed by atoms with Crippen LogP contribution in [0.15, 0.2) is 29.1 Å². The van der Waals surface area contributed by atoms with E-state index in [1.807, 2.05) is 6.92 Å². The molecule has 0 unspecified atom stereocenters. The van der Waals surface area contributed by atoms with E-state index in [2.05, 4.69) is 4.98 Å². The van der Waals surface area contributed by atoms with E-state index in [0.29, 0.717) is 12.2 Å². The molecule has 1 aromatic carbocycles. The second kappa shape index (κ2) is 5.72. The molecule has 0 N–H and O–H groups in total. The fraction of sp³-hybridized carbons (Fsp3) is 0.231. The number of rotatable bonds is 3. The van der Waals surface area contributed by atoms with E-state index >= 15 is 0 Å². The lowest BCUT2D eigenvalue weighted by Gasteiger charge is -2.12. The smallest absolute Gasteiger partial charge is 0.255 e. The van der Waals surface area contributed by atoms with Crippen molar-refractivity contribution < 1.29 is 4.39 Å². The van der Waals surface area contributed by atoms with E-state index < -0.39 is 5.82 Å². The largest absolute Gasteiger partial charge is 0.292 e. The van der Waals surface area contributed by atoms with Crippen molar-refractivity contribution in [2.24, 2.45) is 0 Å². The zero-order chi connectivity index (χ0) is 14.0. The molecule has 2 aromatic rings. The van der Waals surface area contributed by atoms with Crippen LogP contribution in [0.25, 0.3) is 0 Å². The first kappa shape index (κ1) is 14.0. The number of nitrogens with zero attached hydrogens (tertiary/aromatic N) is 2. The third-order valence-electron chi connectivity index (χ3n) is 2.75. The van der Waals surface area contributed by atoms with Crippen molar-refractivity contribution >= 4 is 23.2 Å². The van der Waals surface area contributed by atoms with Crippen LogP contribution in [0.3, 0.4) is 0 Å². The second-order valence-electron chi connectivity index (χ2n) is 3.97. The van der Waals surface area contributed by atoms with Gasteiger partial charge in [-0.1, -0.05) is 36.2 Å². The van der Waals surface area contributed by atoms with Gasteiger partial charge in [0.15, 0.2) is 0 Å². The van der Waals surface area contributed by atoms with Gasteiger partial charge in [0.05, 0.1) is 6.54 Å². The van der Waals surface area contributed by atoms with Gasteiger partial charge in [0.2, 0.25) is 0 Å². The maximum absolute atomic E-state index is 13.7. The van der Waals surface area contributed by atoms with Crippen molar-refractivity contribution in [3.8, 4) is 0 Å². The van der Waals surface area contributed by atoms with Gasteiger partial charge in [-0.05, 0) is 12.1 Å². The summed E-state index contributed by atoms with van der Waals surface area (Å²) in [5.41, 5.74) is -0.0544. The molecule has 0 bridgehead atoms. The summed E-state index contributed by atoms with van der Waals surface area (Å²) in [7, 11) is 0. The minimum absolute atomic E-state index is 0.0394. The van der Waals surface area contributed by atoms with E-state index in [1.54, 1.807) is 6.07 Å². The summed E-state index contributed by atoms with van der Waals surface area (Å²) in [5.74, 6) is 0.0493. The van der Waals surface area contributed by atoms with Crippen LogP contribution in [0.4, 0.5) is 4.39 Å². The topological polar surface area (TPSA) is 34.9 Å². The molecular weight excluding hydrogens is 290 g/mol. The van der Waals surface area contributed by atoms with Crippen molar-refractivity contribution in [1.82, 2.24) is 9.55 Å². The molecule has 0 saturated carbocycles. The predicted octanol–water partition coefficient (Wildman–Crippen LogP) is 3.30. The molecule has 100 valence electrons. The summed E-state index contributed by atoms with van der Waals surface area (Å²) in [4.78, 5) is 16.0. The fourth-order valence-corrected chi connectivity index (χ4v) is 2.22. The molecule has 3 nitrogen and oxygen atoms in total. The van der Waals surface area contributed by atoms with Gasteiger partial charge in [0.1, 0.15) is 16.8 Å². The fourth-order valence-electron chi connectivity index (χ4n) is 1.80. The predicted molar refractivity (Wildman–Crippen MR) is 73.4 cm³/mol. The highest BCUT2D eigenvalue weighted by Gasteiger charge is 2.12. The summed E-state index contributed by atoms with van der Waals surface area (Å²) in [6.07, 6.45) is 0.516. The molecule has 1 aromatic heterocycles. The van der Waals surface area contributed by atoms with Gasteiger partial charge >= 0.3 is 0 Å². The Kier molecular flexibility index (Phi) is 4.22. The Hall–Kier alpha value is -1.39. The molecule has 0 amide bonds. The maximum atomic E-state index is 13.7. The van der Waals surface area contributed by atoms with E-state index in [0.717, 1.165) is 0 Å². The standard InChI is InChI=1S/C13H11Cl2FN2O/c1-2-12-17-11(15)6-13(19)18(12)7-8-9(14)4-3-5-10(8)16/h3-6H,2,7H2,1H3. The number of aromatic nitrogens is 2. The molecule has 0 aliphatic heterocycles. The first-order valence-corrected chi connectivity index (χ1v) is 6.47. The van der Waals surface area contributed by atoms with Crippen molar-refractivity contribution in [1.29, 1.82) is 0 Å². The van der Waals surface area contributed by atoms with Crippen molar-refractivity contribution in [2.75, 3.05) is 0 Å². The molecule has 1 heterocycles. The van der Waals surface area contributed by atoms with Gasteiger partial charge < -0.3 is 0 Å². The third kappa shape index (κ3) is 2.96. The van der Waals surface area contributed by atoms with Gasteiger partial charge in [-0.25, -0.2) is 9.37 Å². The highest BCUT2D eigenvalue weighted by molar-refractivity contribution is 6.31. The molecule has 2 rings (SSSR count). The van der Waals surface area contributed by atoms with Crippen molar-refractivity contribution in [2.45, 2.75) is 19.9 Å². The molecule has 0 aliphatic carbocycles. The van der Waals surface area contributed by atoms with Crippen LogP contribution in [0.2, 0.25) is 10.2 Å².